The quantitative estimate of drug-likeness (QED) is 0.792. The molecule has 0 saturated carbocycles. The number of hydrogen-bond donors (Lipinski definition) is 2. The lowest BCUT2D eigenvalue weighted by atomic mass is 10.1. The zero-order valence-corrected chi connectivity index (χ0v) is 15.6. The lowest BCUT2D eigenvalue weighted by Crippen LogP contribution is -2.44. The molecule has 0 bridgehead atoms. The Hall–Kier alpha value is -1.77. The second-order valence-electron chi connectivity index (χ2n) is 6.15. The van der Waals surface area contributed by atoms with Gasteiger partial charge in [0.05, 0.1) is 24.2 Å². The topological polar surface area (TPSA) is 98.9 Å². The molecule has 26 heavy (non-hydrogen) atoms. The number of nitrogens with two attached hydrogens (primary N) is 1. The first-order chi connectivity index (χ1) is 12.4. The van der Waals surface area contributed by atoms with E-state index in [1.54, 1.807) is 12.1 Å². The van der Waals surface area contributed by atoms with Crippen molar-refractivity contribution in [2.75, 3.05) is 13.2 Å². The molecule has 2 aromatic rings. The third kappa shape index (κ3) is 6.86. The highest BCUT2D eigenvalue weighted by Crippen LogP contribution is 2.12. The molecule has 142 valence electrons. The van der Waals surface area contributed by atoms with Gasteiger partial charge >= 0.3 is 0 Å². The average molecular weight is 379 g/mol. The Balaban J connectivity index is 0.000000197. The fraction of sp³-hybridized carbons (Fsp3) is 0.368. The lowest BCUT2D eigenvalue weighted by molar-refractivity contribution is -0.0678. The largest absolute Gasteiger partial charge is 0.379 e. The number of benzene rings is 2. The summed E-state index contributed by atoms with van der Waals surface area (Å²) in [5, 5.41) is 0. The van der Waals surface area contributed by atoms with E-state index in [2.05, 4.69) is 12.1 Å². The molecule has 1 aliphatic heterocycles. The van der Waals surface area contributed by atoms with Gasteiger partial charge in [0.25, 0.3) is 10.1 Å². The van der Waals surface area contributed by atoms with E-state index in [-0.39, 0.29) is 17.0 Å². The van der Waals surface area contributed by atoms with E-state index in [0.717, 1.165) is 18.6 Å². The van der Waals surface area contributed by atoms with Crippen molar-refractivity contribution in [1.29, 1.82) is 0 Å². The Morgan fingerprint density at radius 1 is 1.15 bits per heavy atom. The van der Waals surface area contributed by atoms with Gasteiger partial charge in [0.2, 0.25) is 0 Å². The molecule has 1 heterocycles. The normalized spacial score (nSPS) is 20.1. The third-order valence-corrected chi connectivity index (χ3v) is 4.85. The van der Waals surface area contributed by atoms with Gasteiger partial charge in [-0.25, -0.2) is 0 Å². The van der Waals surface area contributed by atoms with Crippen molar-refractivity contribution in [3.63, 3.8) is 0 Å². The molecule has 2 aromatic carbocycles. The molecule has 1 saturated heterocycles. The van der Waals surface area contributed by atoms with Crippen LogP contribution in [0.4, 0.5) is 0 Å². The van der Waals surface area contributed by atoms with Gasteiger partial charge in [-0.15, -0.1) is 0 Å². The van der Waals surface area contributed by atoms with Gasteiger partial charge in [0.1, 0.15) is 0 Å². The van der Waals surface area contributed by atoms with Gasteiger partial charge in [-0.2, -0.15) is 8.42 Å². The summed E-state index contributed by atoms with van der Waals surface area (Å²) in [6.07, 6.45) is 0.929. The van der Waals surface area contributed by atoms with Crippen LogP contribution in [0, 0.1) is 6.92 Å². The fourth-order valence-corrected chi connectivity index (χ4v) is 2.87. The maximum atomic E-state index is 10.5. The van der Waals surface area contributed by atoms with Gasteiger partial charge in [-0.05, 0) is 31.0 Å². The van der Waals surface area contributed by atoms with Crippen molar-refractivity contribution in [2.45, 2.75) is 37.0 Å². The summed E-state index contributed by atoms with van der Waals surface area (Å²) in [7, 11) is -4.02. The monoisotopic (exact) mass is 379 g/mol. The van der Waals surface area contributed by atoms with Crippen molar-refractivity contribution in [3.8, 4) is 0 Å². The first-order valence-electron chi connectivity index (χ1n) is 8.39. The molecule has 3 N–H and O–H groups in total. The molecule has 1 aliphatic rings. The van der Waals surface area contributed by atoms with Crippen molar-refractivity contribution in [3.05, 3.63) is 65.7 Å². The van der Waals surface area contributed by atoms with Crippen LogP contribution in [0.15, 0.2) is 59.5 Å². The van der Waals surface area contributed by atoms with E-state index < -0.39 is 10.1 Å². The van der Waals surface area contributed by atoms with E-state index in [4.69, 9.17) is 19.8 Å². The number of aryl methyl sites for hydroxylation is 1. The van der Waals surface area contributed by atoms with Crippen LogP contribution in [0.2, 0.25) is 0 Å². The van der Waals surface area contributed by atoms with E-state index in [1.165, 1.54) is 17.7 Å². The number of rotatable bonds is 4. The third-order valence-electron chi connectivity index (χ3n) is 3.98. The Kier molecular flexibility index (Phi) is 7.74. The number of ether oxygens (including phenoxy) is 2. The Morgan fingerprint density at radius 3 is 2.38 bits per heavy atom. The highest BCUT2D eigenvalue weighted by Gasteiger charge is 2.22. The molecular formula is C19H25NO5S. The molecule has 0 aliphatic carbocycles. The fourth-order valence-electron chi connectivity index (χ4n) is 2.39. The minimum Gasteiger partial charge on any atom is -0.379 e. The van der Waals surface area contributed by atoms with Crippen molar-refractivity contribution in [2.24, 2.45) is 5.73 Å². The second-order valence-corrected chi connectivity index (χ2v) is 7.57. The molecule has 0 aromatic heterocycles. The molecule has 1 fully saturated rings. The van der Waals surface area contributed by atoms with Gasteiger partial charge in [0, 0.05) is 12.6 Å². The van der Waals surface area contributed by atoms with E-state index in [0.29, 0.717) is 13.2 Å². The average Bonchev–Trinajstić information content (AvgIpc) is 2.62. The van der Waals surface area contributed by atoms with Gasteiger partial charge < -0.3 is 15.2 Å². The van der Waals surface area contributed by atoms with Crippen LogP contribution < -0.4 is 5.73 Å². The predicted octanol–water partition coefficient (Wildman–Crippen LogP) is 2.56. The van der Waals surface area contributed by atoms with Crippen LogP contribution in [0.5, 0.6) is 0 Å². The highest BCUT2D eigenvalue weighted by atomic mass is 32.2. The number of hydrogen-bond acceptors (Lipinski definition) is 5. The molecule has 0 radical (unpaired) electrons. The molecule has 3 rings (SSSR count). The summed E-state index contributed by atoms with van der Waals surface area (Å²) in [4.78, 5) is -0.0666. The zero-order valence-electron chi connectivity index (χ0n) is 14.7. The smallest absolute Gasteiger partial charge is 0.294 e. The van der Waals surface area contributed by atoms with Crippen LogP contribution >= 0.6 is 0 Å². The van der Waals surface area contributed by atoms with Crippen LogP contribution in [0.25, 0.3) is 0 Å². The van der Waals surface area contributed by atoms with Gasteiger partial charge in [-0.1, -0.05) is 48.0 Å². The molecule has 7 heteroatoms. The summed E-state index contributed by atoms with van der Waals surface area (Å²) >= 11 is 0. The van der Waals surface area contributed by atoms with Crippen molar-refractivity contribution in [1.82, 2.24) is 0 Å². The standard InChI is InChI=1S/C12H17NO2.C7H8O3S/c13-11-6-7-14-9-12(11)15-8-10-4-2-1-3-5-10;1-6-2-4-7(5-3-6)11(8,9)10/h1-5,11-12H,6-9,13H2;2-5H,1H3,(H,8,9,10)/t11-,12-;/m1./s1. The molecule has 0 spiro atoms. The van der Waals surface area contributed by atoms with Crippen molar-refractivity contribution < 1.29 is 22.4 Å². The minimum atomic E-state index is -4.02. The molecule has 0 unspecified atom stereocenters. The van der Waals surface area contributed by atoms with Crippen LogP contribution in [-0.4, -0.2) is 38.3 Å². The van der Waals surface area contributed by atoms with Gasteiger partial charge in [-0.3, -0.25) is 4.55 Å². The second kappa shape index (κ2) is 9.80. The first-order valence-corrected chi connectivity index (χ1v) is 9.83. The summed E-state index contributed by atoms with van der Waals surface area (Å²) in [6.45, 7) is 3.83. The SMILES string of the molecule is Cc1ccc(S(=O)(=O)O)cc1.N[C@@H]1CCOC[C@H]1OCc1ccccc1. The summed E-state index contributed by atoms with van der Waals surface area (Å²) < 4.78 is 40.6. The van der Waals surface area contributed by atoms with Crippen LogP contribution in [-0.2, 0) is 26.2 Å². The molecule has 2 atom stereocenters. The minimum absolute atomic E-state index is 0.0407. The predicted molar refractivity (Wildman–Crippen MR) is 99.4 cm³/mol. The first kappa shape index (κ1) is 20.5. The van der Waals surface area contributed by atoms with E-state index in [9.17, 15) is 8.42 Å². The maximum Gasteiger partial charge on any atom is 0.294 e. The Labute approximate surface area is 154 Å². The van der Waals surface area contributed by atoms with Gasteiger partial charge in [0.15, 0.2) is 0 Å². The highest BCUT2D eigenvalue weighted by molar-refractivity contribution is 7.85. The van der Waals surface area contributed by atoms with Crippen LogP contribution in [0.1, 0.15) is 17.5 Å². The van der Waals surface area contributed by atoms with Crippen LogP contribution in [0.3, 0.4) is 0 Å². The Morgan fingerprint density at radius 2 is 1.81 bits per heavy atom. The summed E-state index contributed by atoms with van der Waals surface area (Å²) in [5.74, 6) is 0. The van der Waals surface area contributed by atoms with Crippen molar-refractivity contribution >= 4 is 10.1 Å². The van der Waals surface area contributed by atoms with E-state index >= 15 is 0 Å². The van der Waals surface area contributed by atoms with E-state index in [1.807, 2.05) is 25.1 Å². The molecule has 0 amide bonds. The Bertz CT molecular complexity index is 762. The summed E-state index contributed by atoms with van der Waals surface area (Å²) in [5.41, 5.74) is 8.07. The zero-order chi connectivity index (χ0) is 19.0. The summed E-state index contributed by atoms with van der Waals surface area (Å²) in [6, 6.07) is 16.2. The molecular weight excluding hydrogens is 354 g/mol. The molecule has 6 nitrogen and oxygen atoms in total. The lowest BCUT2D eigenvalue weighted by Gasteiger charge is -2.28. The maximum absolute atomic E-state index is 10.5.